The van der Waals surface area contributed by atoms with E-state index in [0.29, 0.717) is 27.5 Å². The van der Waals surface area contributed by atoms with E-state index in [1.807, 2.05) is 6.07 Å². The Labute approximate surface area is 196 Å². The molecule has 0 unspecified atom stereocenters. The number of hydrogen-bond donors (Lipinski definition) is 1. The lowest BCUT2D eigenvalue weighted by molar-refractivity contribution is -0.122. The molecule has 2 aromatic rings. The number of benzene rings is 2. The Morgan fingerprint density at radius 1 is 1.29 bits per heavy atom. The molecular formula is C22H18INO6S. The fourth-order valence-electron chi connectivity index (χ4n) is 2.85. The zero-order valence-electron chi connectivity index (χ0n) is 16.5. The Morgan fingerprint density at radius 3 is 2.74 bits per heavy atom. The van der Waals surface area contributed by atoms with Gasteiger partial charge in [0.2, 0.25) is 0 Å². The van der Waals surface area contributed by atoms with Crippen molar-refractivity contribution in [1.82, 2.24) is 4.90 Å². The highest BCUT2D eigenvalue weighted by atomic mass is 127. The first-order valence-corrected chi connectivity index (χ1v) is 10.9. The van der Waals surface area contributed by atoms with Crippen molar-refractivity contribution in [3.63, 3.8) is 0 Å². The molecule has 1 heterocycles. The van der Waals surface area contributed by atoms with Gasteiger partial charge >= 0.3 is 5.97 Å². The first kappa shape index (κ1) is 22.9. The van der Waals surface area contributed by atoms with Crippen LogP contribution < -0.4 is 9.47 Å². The predicted octanol–water partition coefficient (Wildman–Crippen LogP) is 4.80. The number of nitrogens with zero attached hydrogens (tertiary/aromatic N) is 1. The third-order valence-electron chi connectivity index (χ3n) is 4.29. The zero-order valence-corrected chi connectivity index (χ0v) is 19.4. The Bertz CT molecular complexity index is 1100. The Balaban J connectivity index is 1.83. The molecule has 0 bridgehead atoms. The van der Waals surface area contributed by atoms with Gasteiger partial charge in [0.1, 0.15) is 6.61 Å². The van der Waals surface area contributed by atoms with E-state index >= 15 is 0 Å². The number of carboxylic acid groups (broad SMARTS) is 1. The highest BCUT2D eigenvalue weighted by Gasteiger charge is 2.34. The van der Waals surface area contributed by atoms with E-state index in [9.17, 15) is 14.4 Å². The number of aromatic carboxylic acids is 1. The van der Waals surface area contributed by atoms with E-state index < -0.39 is 5.97 Å². The Morgan fingerprint density at radius 2 is 2.06 bits per heavy atom. The third kappa shape index (κ3) is 5.28. The quantitative estimate of drug-likeness (QED) is 0.286. The lowest BCUT2D eigenvalue weighted by Gasteiger charge is -2.14. The van der Waals surface area contributed by atoms with Gasteiger partial charge in [-0.3, -0.25) is 14.5 Å². The number of ether oxygens (including phenoxy) is 2. The molecule has 7 nitrogen and oxygen atoms in total. The van der Waals surface area contributed by atoms with E-state index in [1.54, 1.807) is 30.3 Å². The molecule has 1 saturated heterocycles. The molecule has 2 amide bonds. The molecule has 9 heteroatoms. The number of imide groups is 1. The summed E-state index contributed by atoms with van der Waals surface area (Å²) >= 11 is 2.98. The molecule has 1 aliphatic heterocycles. The maximum absolute atomic E-state index is 12.4. The molecule has 0 saturated carbocycles. The summed E-state index contributed by atoms with van der Waals surface area (Å²) in [4.78, 5) is 37.0. The average molecular weight is 551 g/mol. The van der Waals surface area contributed by atoms with Gasteiger partial charge in [0.05, 0.1) is 21.1 Å². The molecule has 2 aromatic carbocycles. The normalized spacial score (nSPS) is 14.8. The van der Waals surface area contributed by atoms with Crippen molar-refractivity contribution in [1.29, 1.82) is 0 Å². The summed E-state index contributed by atoms with van der Waals surface area (Å²) < 4.78 is 12.1. The lowest BCUT2D eigenvalue weighted by Crippen LogP contribution is -2.27. The fraction of sp³-hybridized carbons (Fsp3) is 0.136. The van der Waals surface area contributed by atoms with Gasteiger partial charge in [-0.15, -0.1) is 6.58 Å². The molecule has 3 rings (SSSR count). The highest BCUT2D eigenvalue weighted by molar-refractivity contribution is 14.1. The van der Waals surface area contributed by atoms with Gasteiger partial charge in [0, 0.05) is 6.54 Å². The van der Waals surface area contributed by atoms with Gasteiger partial charge in [-0.1, -0.05) is 18.2 Å². The molecule has 1 N–H and O–H groups in total. The summed E-state index contributed by atoms with van der Waals surface area (Å²) in [5, 5.41) is 8.80. The summed E-state index contributed by atoms with van der Waals surface area (Å²) in [6.45, 7) is 3.89. The van der Waals surface area contributed by atoms with Crippen LogP contribution in [0.1, 0.15) is 21.5 Å². The smallest absolute Gasteiger partial charge is 0.335 e. The second-order valence-corrected chi connectivity index (χ2v) is 8.56. The summed E-state index contributed by atoms with van der Waals surface area (Å²) in [5.41, 5.74) is 1.58. The van der Waals surface area contributed by atoms with E-state index in [1.165, 1.54) is 19.3 Å². The molecule has 1 aliphatic rings. The van der Waals surface area contributed by atoms with E-state index in [4.69, 9.17) is 14.6 Å². The minimum atomic E-state index is -1.00. The van der Waals surface area contributed by atoms with Crippen molar-refractivity contribution in [3.05, 3.63) is 74.2 Å². The van der Waals surface area contributed by atoms with Gasteiger partial charge < -0.3 is 14.6 Å². The van der Waals surface area contributed by atoms with Crippen LogP contribution in [-0.2, 0) is 11.4 Å². The van der Waals surface area contributed by atoms with Crippen molar-refractivity contribution in [2.45, 2.75) is 6.61 Å². The topological polar surface area (TPSA) is 93.1 Å². The third-order valence-corrected chi connectivity index (χ3v) is 6.00. The van der Waals surface area contributed by atoms with Crippen LogP contribution in [0.25, 0.3) is 6.08 Å². The standard InChI is InChI=1S/C22H18INO6S/c1-3-7-24-20(25)18(31-22(24)28)11-14-9-16(23)19(17(10-14)29-2)30-12-13-5-4-6-15(8-13)21(26)27/h3-6,8-11H,1,7,12H2,2H3,(H,26,27). The van der Waals surface area contributed by atoms with Crippen molar-refractivity contribution < 1.29 is 29.0 Å². The van der Waals surface area contributed by atoms with E-state index in [-0.39, 0.29) is 29.9 Å². The number of carbonyl (C=O) groups excluding carboxylic acids is 2. The zero-order chi connectivity index (χ0) is 22.5. The van der Waals surface area contributed by atoms with Crippen molar-refractivity contribution in [2.24, 2.45) is 0 Å². The van der Waals surface area contributed by atoms with E-state index in [2.05, 4.69) is 29.2 Å². The van der Waals surface area contributed by atoms with Crippen LogP contribution in [0.2, 0.25) is 0 Å². The van der Waals surface area contributed by atoms with Gasteiger partial charge in [0.15, 0.2) is 11.5 Å². The first-order valence-electron chi connectivity index (χ1n) is 9.03. The maximum Gasteiger partial charge on any atom is 0.335 e. The number of carbonyl (C=O) groups is 3. The molecule has 0 spiro atoms. The van der Waals surface area contributed by atoms with Crippen LogP contribution in [0.15, 0.2) is 54.0 Å². The van der Waals surface area contributed by atoms with Crippen LogP contribution >= 0.6 is 34.4 Å². The minimum Gasteiger partial charge on any atom is -0.493 e. The second-order valence-electron chi connectivity index (χ2n) is 6.41. The van der Waals surface area contributed by atoms with Crippen LogP contribution in [-0.4, -0.2) is 40.8 Å². The van der Waals surface area contributed by atoms with Crippen molar-refractivity contribution in [2.75, 3.05) is 13.7 Å². The first-order chi connectivity index (χ1) is 14.8. The van der Waals surface area contributed by atoms with Crippen LogP contribution in [0, 0.1) is 3.57 Å². The van der Waals surface area contributed by atoms with Gasteiger partial charge in [-0.2, -0.15) is 0 Å². The van der Waals surface area contributed by atoms with E-state index in [0.717, 1.165) is 20.2 Å². The van der Waals surface area contributed by atoms with Crippen LogP contribution in [0.4, 0.5) is 4.79 Å². The molecule has 0 aliphatic carbocycles. The van der Waals surface area contributed by atoms with Crippen LogP contribution in [0.3, 0.4) is 0 Å². The molecule has 0 radical (unpaired) electrons. The van der Waals surface area contributed by atoms with Crippen molar-refractivity contribution in [3.8, 4) is 11.5 Å². The molecule has 160 valence electrons. The number of halogens is 1. The number of rotatable bonds is 8. The Kier molecular flexibility index (Phi) is 7.39. The van der Waals surface area contributed by atoms with Gasteiger partial charge in [-0.05, 0) is 75.8 Å². The fourth-order valence-corrected chi connectivity index (χ4v) is 4.48. The summed E-state index contributed by atoms with van der Waals surface area (Å²) in [7, 11) is 1.51. The summed E-state index contributed by atoms with van der Waals surface area (Å²) in [6, 6.07) is 10.0. The Hall–Kier alpha value is -2.79. The van der Waals surface area contributed by atoms with Crippen LogP contribution in [0.5, 0.6) is 11.5 Å². The monoisotopic (exact) mass is 551 g/mol. The number of amides is 2. The number of carboxylic acids is 1. The number of hydrogen-bond acceptors (Lipinski definition) is 6. The predicted molar refractivity (Wildman–Crippen MR) is 126 cm³/mol. The molecular weight excluding hydrogens is 533 g/mol. The summed E-state index contributed by atoms with van der Waals surface area (Å²) in [5.74, 6) is -0.406. The lowest BCUT2D eigenvalue weighted by atomic mass is 10.1. The van der Waals surface area contributed by atoms with Gasteiger partial charge in [0.25, 0.3) is 11.1 Å². The maximum atomic E-state index is 12.4. The number of methoxy groups -OCH3 is 1. The van der Waals surface area contributed by atoms with Crippen molar-refractivity contribution >= 4 is 57.5 Å². The number of thioether (sulfide) groups is 1. The largest absolute Gasteiger partial charge is 0.493 e. The summed E-state index contributed by atoms with van der Waals surface area (Å²) in [6.07, 6.45) is 3.14. The molecule has 0 atom stereocenters. The molecule has 1 fully saturated rings. The average Bonchev–Trinajstić information content (AvgIpc) is 3.00. The highest BCUT2D eigenvalue weighted by Crippen LogP contribution is 2.37. The molecule has 0 aromatic heterocycles. The molecule has 31 heavy (non-hydrogen) atoms. The minimum absolute atomic E-state index is 0.160. The SMILES string of the molecule is C=CCN1C(=O)SC(=Cc2cc(I)c(OCc3cccc(C(=O)O)c3)c(OC)c2)C1=O. The van der Waals surface area contributed by atoms with Gasteiger partial charge in [-0.25, -0.2) is 4.79 Å². The second kappa shape index (κ2) is 10.0.